The molecule has 0 radical (unpaired) electrons. The number of nitrogens with zero attached hydrogens (tertiary/aromatic N) is 1. The van der Waals surface area contributed by atoms with Gasteiger partial charge in [0.25, 0.3) is 0 Å². The van der Waals surface area contributed by atoms with Gasteiger partial charge in [-0.15, -0.1) is 11.3 Å². The van der Waals surface area contributed by atoms with E-state index in [-0.39, 0.29) is 5.41 Å². The molecule has 16 heavy (non-hydrogen) atoms. The molecule has 0 atom stereocenters. The molecule has 0 spiro atoms. The number of benzene rings is 1. The topological polar surface area (TPSA) is 12.9 Å². The summed E-state index contributed by atoms with van der Waals surface area (Å²) in [5, 5.41) is 3.20. The molecule has 0 unspecified atom stereocenters. The van der Waals surface area contributed by atoms with Crippen LogP contribution in [0.4, 0.5) is 0 Å². The van der Waals surface area contributed by atoms with Gasteiger partial charge in [0.15, 0.2) is 0 Å². The van der Waals surface area contributed by atoms with Crippen molar-refractivity contribution in [2.75, 3.05) is 10.7 Å². The Balaban J connectivity index is 2.27. The number of para-hydroxylation sites is 1. The fraction of sp³-hybridized carbons (Fsp3) is 0.417. The molecule has 0 bridgehead atoms. The van der Waals surface area contributed by atoms with Gasteiger partial charge in [-0.1, -0.05) is 50.9 Å². The quantitative estimate of drug-likeness (QED) is 0.722. The summed E-state index contributed by atoms with van der Waals surface area (Å²) in [5.74, 6) is 0. The van der Waals surface area contributed by atoms with Gasteiger partial charge in [0.2, 0.25) is 0 Å². The monoisotopic (exact) mass is 361 g/mol. The van der Waals surface area contributed by atoms with E-state index < -0.39 is 0 Å². The van der Waals surface area contributed by atoms with Crippen LogP contribution in [0.1, 0.15) is 11.9 Å². The fourth-order valence-electron chi connectivity index (χ4n) is 1.49. The second kappa shape index (κ2) is 5.15. The van der Waals surface area contributed by atoms with Crippen LogP contribution in [0.5, 0.6) is 0 Å². The van der Waals surface area contributed by atoms with Crippen LogP contribution in [0.25, 0.3) is 10.2 Å². The van der Waals surface area contributed by atoms with Crippen molar-refractivity contribution >= 4 is 53.4 Å². The molecule has 0 N–H and O–H groups in total. The highest BCUT2D eigenvalue weighted by Gasteiger charge is 2.23. The summed E-state index contributed by atoms with van der Waals surface area (Å²) >= 11 is 8.96. The zero-order chi connectivity index (χ0) is 11.6. The Bertz CT molecular complexity index is 444. The van der Waals surface area contributed by atoms with E-state index in [0.29, 0.717) is 0 Å². The second-order valence-corrected chi connectivity index (χ2v) is 6.57. The van der Waals surface area contributed by atoms with Crippen molar-refractivity contribution in [3.05, 3.63) is 29.3 Å². The van der Waals surface area contributed by atoms with Crippen molar-refractivity contribution < 1.29 is 0 Å². The number of hydrogen-bond donors (Lipinski definition) is 0. The SMILES string of the molecule is CC(CBr)(CBr)Cc1nc2ccccc2s1. The van der Waals surface area contributed by atoms with E-state index >= 15 is 0 Å². The first-order chi connectivity index (χ1) is 7.67. The Kier molecular flexibility index (Phi) is 4.03. The fourth-order valence-corrected chi connectivity index (χ4v) is 4.00. The van der Waals surface area contributed by atoms with Gasteiger partial charge in [0.05, 0.1) is 15.2 Å². The Morgan fingerprint density at radius 2 is 1.94 bits per heavy atom. The summed E-state index contributed by atoms with van der Waals surface area (Å²) in [7, 11) is 0. The standard InChI is InChI=1S/C12H13Br2NS/c1-12(7-13,8-14)6-11-15-9-4-2-3-5-10(9)16-11/h2-5H,6-8H2,1H3. The van der Waals surface area contributed by atoms with Crippen LogP contribution in [0.3, 0.4) is 0 Å². The maximum Gasteiger partial charge on any atom is 0.0944 e. The smallest absolute Gasteiger partial charge is 0.0944 e. The lowest BCUT2D eigenvalue weighted by atomic mass is 9.92. The Morgan fingerprint density at radius 3 is 2.56 bits per heavy atom. The summed E-state index contributed by atoms with van der Waals surface area (Å²) in [5.41, 5.74) is 1.36. The van der Waals surface area contributed by atoms with E-state index in [1.807, 2.05) is 6.07 Å². The molecular weight excluding hydrogens is 350 g/mol. The first-order valence-electron chi connectivity index (χ1n) is 5.13. The molecule has 2 aromatic rings. The summed E-state index contributed by atoms with van der Waals surface area (Å²) in [4.78, 5) is 4.67. The molecule has 0 aliphatic rings. The average Bonchev–Trinajstić information content (AvgIpc) is 2.70. The predicted molar refractivity (Wildman–Crippen MR) is 79.0 cm³/mol. The highest BCUT2D eigenvalue weighted by Crippen LogP contribution is 2.31. The van der Waals surface area contributed by atoms with Gasteiger partial charge in [0, 0.05) is 17.1 Å². The van der Waals surface area contributed by atoms with Gasteiger partial charge in [-0.25, -0.2) is 4.98 Å². The van der Waals surface area contributed by atoms with E-state index in [1.165, 1.54) is 9.71 Å². The summed E-state index contributed by atoms with van der Waals surface area (Å²) in [6.07, 6.45) is 1.02. The second-order valence-electron chi connectivity index (χ2n) is 4.33. The van der Waals surface area contributed by atoms with E-state index in [4.69, 9.17) is 0 Å². The lowest BCUT2D eigenvalue weighted by Gasteiger charge is -2.22. The van der Waals surface area contributed by atoms with E-state index in [0.717, 1.165) is 22.6 Å². The molecule has 0 fully saturated rings. The number of halogens is 2. The molecule has 4 heteroatoms. The van der Waals surface area contributed by atoms with Crippen molar-refractivity contribution in [3.63, 3.8) is 0 Å². The van der Waals surface area contributed by atoms with Crippen molar-refractivity contribution in [2.24, 2.45) is 5.41 Å². The van der Waals surface area contributed by atoms with E-state index in [1.54, 1.807) is 11.3 Å². The zero-order valence-electron chi connectivity index (χ0n) is 9.04. The number of fused-ring (bicyclic) bond motifs is 1. The molecule has 0 amide bonds. The molecule has 1 aromatic carbocycles. The number of alkyl halides is 2. The maximum absolute atomic E-state index is 4.67. The molecule has 2 rings (SSSR count). The third-order valence-electron chi connectivity index (χ3n) is 2.56. The number of thiazole rings is 1. The average molecular weight is 363 g/mol. The zero-order valence-corrected chi connectivity index (χ0v) is 13.0. The molecule has 0 saturated carbocycles. The Hall–Kier alpha value is 0.0700. The molecule has 0 saturated heterocycles. The van der Waals surface area contributed by atoms with Crippen LogP contribution in [0.2, 0.25) is 0 Å². The first kappa shape index (κ1) is 12.5. The van der Waals surface area contributed by atoms with E-state index in [9.17, 15) is 0 Å². The molecular formula is C12H13Br2NS. The molecule has 1 aromatic heterocycles. The van der Waals surface area contributed by atoms with Gasteiger partial charge >= 0.3 is 0 Å². The lowest BCUT2D eigenvalue weighted by molar-refractivity contribution is 0.438. The van der Waals surface area contributed by atoms with Gasteiger partial charge in [-0.3, -0.25) is 0 Å². The van der Waals surface area contributed by atoms with Gasteiger partial charge in [0.1, 0.15) is 0 Å². The number of aromatic nitrogens is 1. The van der Waals surface area contributed by atoms with Crippen molar-refractivity contribution in [3.8, 4) is 0 Å². The number of hydrogen-bond acceptors (Lipinski definition) is 2. The summed E-state index contributed by atoms with van der Waals surface area (Å²) in [6.45, 7) is 2.27. The van der Waals surface area contributed by atoms with Crippen LogP contribution in [0, 0.1) is 5.41 Å². The van der Waals surface area contributed by atoms with Crippen molar-refractivity contribution in [2.45, 2.75) is 13.3 Å². The third-order valence-corrected chi connectivity index (χ3v) is 6.31. The number of rotatable bonds is 4. The van der Waals surface area contributed by atoms with Gasteiger partial charge in [-0.2, -0.15) is 0 Å². The van der Waals surface area contributed by atoms with Gasteiger partial charge in [-0.05, 0) is 17.5 Å². The van der Waals surface area contributed by atoms with Crippen LogP contribution in [-0.2, 0) is 6.42 Å². The molecule has 0 aliphatic heterocycles. The maximum atomic E-state index is 4.67. The predicted octanol–water partition coefficient (Wildman–Crippen LogP) is 4.63. The minimum Gasteiger partial charge on any atom is -0.241 e. The third kappa shape index (κ3) is 2.66. The van der Waals surface area contributed by atoms with Crippen LogP contribution in [0.15, 0.2) is 24.3 Å². The minimum atomic E-state index is 0.244. The summed E-state index contributed by atoms with van der Waals surface area (Å²) in [6, 6.07) is 8.32. The molecule has 0 aliphatic carbocycles. The van der Waals surface area contributed by atoms with Crippen molar-refractivity contribution in [1.29, 1.82) is 0 Å². The Morgan fingerprint density at radius 1 is 1.25 bits per heavy atom. The van der Waals surface area contributed by atoms with Gasteiger partial charge < -0.3 is 0 Å². The minimum absolute atomic E-state index is 0.244. The van der Waals surface area contributed by atoms with Crippen LogP contribution >= 0.6 is 43.2 Å². The first-order valence-corrected chi connectivity index (χ1v) is 8.19. The Labute approximate surface area is 117 Å². The highest BCUT2D eigenvalue weighted by molar-refractivity contribution is 9.09. The molecule has 1 nitrogen and oxygen atoms in total. The molecule has 86 valence electrons. The lowest BCUT2D eigenvalue weighted by Crippen LogP contribution is -2.23. The summed E-state index contributed by atoms with van der Waals surface area (Å²) < 4.78 is 1.28. The highest BCUT2D eigenvalue weighted by atomic mass is 79.9. The largest absolute Gasteiger partial charge is 0.241 e. The molecule has 1 heterocycles. The van der Waals surface area contributed by atoms with Crippen LogP contribution in [-0.4, -0.2) is 15.6 Å². The van der Waals surface area contributed by atoms with E-state index in [2.05, 4.69) is 62.0 Å². The normalized spacial score (nSPS) is 12.2. The van der Waals surface area contributed by atoms with Crippen LogP contribution < -0.4 is 0 Å². The van der Waals surface area contributed by atoms with Crippen molar-refractivity contribution in [1.82, 2.24) is 4.98 Å².